The van der Waals surface area contributed by atoms with E-state index in [0.29, 0.717) is 6.54 Å². The van der Waals surface area contributed by atoms with Crippen molar-refractivity contribution in [2.75, 3.05) is 19.7 Å². The number of rotatable bonds is 2. The molecule has 1 aliphatic heterocycles. The average Bonchev–Trinajstić information content (AvgIpc) is 2.38. The zero-order chi connectivity index (χ0) is 14.9. The number of halogens is 1. The molecule has 1 N–H and O–H groups in total. The minimum absolute atomic E-state index is 0.0689. The molecule has 0 spiro atoms. The lowest BCUT2D eigenvalue weighted by atomic mass is 10.0. The van der Waals surface area contributed by atoms with Gasteiger partial charge in [-0.2, -0.15) is 0 Å². The van der Waals surface area contributed by atoms with Crippen molar-refractivity contribution in [3.63, 3.8) is 0 Å². The number of aryl methyl sites for hydroxylation is 1. The molecule has 1 aliphatic rings. The molecule has 4 nitrogen and oxygen atoms in total. The van der Waals surface area contributed by atoms with Crippen LogP contribution in [0.25, 0.3) is 0 Å². The number of carbonyl (C=O) groups excluding carboxylic acids is 1. The van der Waals surface area contributed by atoms with Gasteiger partial charge in [0.2, 0.25) is 0 Å². The molecule has 2 rings (SSSR count). The lowest BCUT2D eigenvalue weighted by molar-refractivity contribution is -0.139. The first-order chi connectivity index (χ1) is 9.32. The summed E-state index contributed by atoms with van der Waals surface area (Å²) >= 11 is 0. The molecular formula is C15H20FNO3. The van der Waals surface area contributed by atoms with Gasteiger partial charge in [0.05, 0.1) is 23.9 Å². The highest BCUT2D eigenvalue weighted by Crippen LogP contribution is 2.23. The third kappa shape index (κ3) is 3.16. The van der Waals surface area contributed by atoms with Crippen LogP contribution in [0.5, 0.6) is 0 Å². The molecule has 1 saturated heterocycles. The number of amides is 1. The van der Waals surface area contributed by atoms with Gasteiger partial charge in [-0.05, 0) is 32.9 Å². The van der Waals surface area contributed by atoms with Gasteiger partial charge in [-0.15, -0.1) is 0 Å². The van der Waals surface area contributed by atoms with Crippen LogP contribution in [-0.4, -0.2) is 47.3 Å². The molecule has 0 saturated carbocycles. The van der Waals surface area contributed by atoms with Crippen LogP contribution in [0.2, 0.25) is 0 Å². The fourth-order valence-corrected chi connectivity index (χ4v) is 2.52. The maximum atomic E-state index is 13.8. The fourth-order valence-electron chi connectivity index (χ4n) is 2.52. The zero-order valence-electron chi connectivity index (χ0n) is 12.0. The van der Waals surface area contributed by atoms with E-state index in [1.807, 2.05) is 20.8 Å². The quantitative estimate of drug-likeness (QED) is 0.898. The van der Waals surface area contributed by atoms with E-state index >= 15 is 0 Å². The Morgan fingerprint density at radius 2 is 2.25 bits per heavy atom. The predicted octanol–water partition coefficient (Wildman–Crippen LogP) is 1.75. The Bertz CT molecular complexity index is 516. The fraction of sp³-hybridized carbons (Fsp3) is 0.533. The first-order valence-corrected chi connectivity index (χ1v) is 6.66. The summed E-state index contributed by atoms with van der Waals surface area (Å²) in [6.07, 6.45) is -0.435. The Kier molecular flexibility index (Phi) is 4.11. The summed E-state index contributed by atoms with van der Waals surface area (Å²) in [7, 11) is 0. The van der Waals surface area contributed by atoms with Crippen molar-refractivity contribution in [1.82, 2.24) is 4.90 Å². The highest BCUT2D eigenvalue weighted by Gasteiger charge is 2.36. The minimum Gasteiger partial charge on any atom is -0.394 e. The van der Waals surface area contributed by atoms with Gasteiger partial charge < -0.3 is 14.7 Å². The Morgan fingerprint density at radius 1 is 1.55 bits per heavy atom. The van der Waals surface area contributed by atoms with E-state index in [-0.39, 0.29) is 24.6 Å². The van der Waals surface area contributed by atoms with E-state index < -0.39 is 17.5 Å². The number of hydrogen-bond donors (Lipinski definition) is 1. The van der Waals surface area contributed by atoms with Gasteiger partial charge in [-0.1, -0.05) is 11.6 Å². The Labute approximate surface area is 118 Å². The predicted molar refractivity (Wildman–Crippen MR) is 73.1 cm³/mol. The Hall–Kier alpha value is -1.46. The van der Waals surface area contributed by atoms with Crippen molar-refractivity contribution in [1.29, 1.82) is 0 Å². The molecule has 0 radical (unpaired) electrons. The van der Waals surface area contributed by atoms with Crippen molar-refractivity contribution in [3.05, 3.63) is 35.1 Å². The van der Waals surface area contributed by atoms with Crippen molar-refractivity contribution in [2.24, 2.45) is 0 Å². The average molecular weight is 281 g/mol. The summed E-state index contributed by atoms with van der Waals surface area (Å²) in [6, 6.07) is 4.48. The van der Waals surface area contributed by atoms with Crippen LogP contribution < -0.4 is 0 Å². The molecule has 0 aromatic heterocycles. The molecule has 1 fully saturated rings. The number of aliphatic hydroxyl groups excluding tert-OH is 1. The van der Waals surface area contributed by atoms with Crippen molar-refractivity contribution < 1.29 is 19.0 Å². The summed E-state index contributed by atoms with van der Waals surface area (Å²) in [6.45, 7) is 5.99. The van der Waals surface area contributed by atoms with E-state index in [0.717, 1.165) is 5.56 Å². The number of nitrogens with zero attached hydrogens (tertiary/aromatic N) is 1. The molecule has 0 aliphatic carbocycles. The van der Waals surface area contributed by atoms with Crippen LogP contribution in [0.1, 0.15) is 29.8 Å². The van der Waals surface area contributed by atoms with Crippen LogP contribution in [0.3, 0.4) is 0 Å². The Balaban J connectivity index is 2.25. The van der Waals surface area contributed by atoms with Gasteiger partial charge in [-0.25, -0.2) is 4.39 Å². The largest absolute Gasteiger partial charge is 0.394 e. The van der Waals surface area contributed by atoms with Crippen LogP contribution >= 0.6 is 0 Å². The van der Waals surface area contributed by atoms with Gasteiger partial charge in [0.15, 0.2) is 0 Å². The third-order valence-corrected chi connectivity index (χ3v) is 3.32. The first kappa shape index (κ1) is 14.9. The monoisotopic (exact) mass is 281 g/mol. The van der Waals surface area contributed by atoms with E-state index in [1.54, 1.807) is 17.0 Å². The number of hydrogen-bond acceptors (Lipinski definition) is 3. The molecular weight excluding hydrogens is 261 g/mol. The van der Waals surface area contributed by atoms with Crippen LogP contribution in [0.4, 0.5) is 4.39 Å². The molecule has 1 aromatic carbocycles. The maximum absolute atomic E-state index is 13.8. The smallest absolute Gasteiger partial charge is 0.257 e. The molecule has 1 aromatic rings. The molecule has 20 heavy (non-hydrogen) atoms. The van der Waals surface area contributed by atoms with Gasteiger partial charge in [0.1, 0.15) is 5.82 Å². The highest BCUT2D eigenvalue weighted by molar-refractivity contribution is 5.94. The van der Waals surface area contributed by atoms with Gasteiger partial charge >= 0.3 is 0 Å². The van der Waals surface area contributed by atoms with Gasteiger partial charge in [0.25, 0.3) is 5.91 Å². The number of carbonyl (C=O) groups is 1. The second kappa shape index (κ2) is 5.50. The normalized spacial score (nSPS) is 21.9. The van der Waals surface area contributed by atoms with Gasteiger partial charge in [0, 0.05) is 13.1 Å². The van der Waals surface area contributed by atoms with Crippen LogP contribution in [-0.2, 0) is 4.74 Å². The molecule has 1 atom stereocenters. The number of ether oxygens (including phenoxy) is 1. The maximum Gasteiger partial charge on any atom is 0.257 e. The summed E-state index contributed by atoms with van der Waals surface area (Å²) in [4.78, 5) is 14.0. The highest BCUT2D eigenvalue weighted by atomic mass is 19.1. The number of aliphatic hydroxyl groups is 1. The van der Waals surface area contributed by atoms with E-state index in [9.17, 15) is 14.3 Å². The number of morpholine rings is 1. The van der Waals surface area contributed by atoms with Crippen LogP contribution in [0.15, 0.2) is 18.2 Å². The second-order valence-electron chi connectivity index (χ2n) is 5.85. The van der Waals surface area contributed by atoms with Crippen molar-refractivity contribution in [2.45, 2.75) is 32.5 Å². The van der Waals surface area contributed by atoms with E-state index in [1.165, 1.54) is 6.07 Å². The lowest BCUT2D eigenvalue weighted by Gasteiger charge is -2.42. The molecule has 5 heteroatoms. The summed E-state index contributed by atoms with van der Waals surface area (Å²) in [5.74, 6) is -0.883. The topological polar surface area (TPSA) is 49.8 Å². The van der Waals surface area contributed by atoms with E-state index in [2.05, 4.69) is 0 Å². The Morgan fingerprint density at radius 3 is 2.90 bits per heavy atom. The van der Waals surface area contributed by atoms with Gasteiger partial charge in [-0.3, -0.25) is 4.79 Å². The van der Waals surface area contributed by atoms with Crippen LogP contribution in [0, 0.1) is 12.7 Å². The second-order valence-corrected chi connectivity index (χ2v) is 5.85. The standard InChI is InChI=1S/C15H20FNO3/c1-10-4-5-13(16)12(6-10)14(19)17-7-11(8-18)20-15(2,3)9-17/h4-6,11,18H,7-9H2,1-3H3. The van der Waals surface area contributed by atoms with E-state index in [4.69, 9.17) is 4.74 Å². The molecule has 1 unspecified atom stereocenters. The molecule has 1 amide bonds. The first-order valence-electron chi connectivity index (χ1n) is 6.66. The summed E-state index contributed by atoms with van der Waals surface area (Å²) in [5.41, 5.74) is 0.349. The van der Waals surface area contributed by atoms with Crippen molar-refractivity contribution in [3.8, 4) is 0 Å². The molecule has 1 heterocycles. The minimum atomic E-state index is -0.554. The molecule has 110 valence electrons. The zero-order valence-corrected chi connectivity index (χ0v) is 12.0. The summed E-state index contributed by atoms with van der Waals surface area (Å²) < 4.78 is 19.5. The van der Waals surface area contributed by atoms with Crippen molar-refractivity contribution >= 4 is 5.91 Å². The summed E-state index contributed by atoms with van der Waals surface area (Å²) in [5, 5.41) is 9.26. The lowest BCUT2D eigenvalue weighted by Crippen LogP contribution is -2.55. The molecule has 0 bridgehead atoms. The third-order valence-electron chi connectivity index (χ3n) is 3.32. The number of benzene rings is 1. The SMILES string of the molecule is Cc1ccc(F)c(C(=O)N2CC(CO)OC(C)(C)C2)c1.